The van der Waals surface area contributed by atoms with Gasteiger partial charge in [0.25, 0.3) is 0 Å². The smallest absolute Gasteiger partial charge is 0.307 e. The van der Waals surface area contributed by atoms with Gasteiger partial charge in [0.2, 0.25) is 0 Å². The molecule has 3 heterocycles. The molecule has 1 aliphatic heterocycles. The number of H-pyrrole nitrogens is 1. The Labute approximate surface area is 164 Å². The highest BCUT2D eigenvalue weighted by molar-refractivity contribution is 5.76. The normalized spacial score (nSPS) is 18.8. The molecule has 150 valence electrons. The Kier molecular flexibility index (Phi) is 6.33. The fraction of sp³-hybridized carbons (Fsp3) is 0.579. The summed E-state index contributed by atoms with van der Waals surface area (Å²) in [6, 6.07) is 4.03. The Morgan fingerprint density at radius 2 is 2.29 bits per heavy atom. The molecule has 2 aromatic rings. The SMILES string of the molecule is CCC[C@H](C(=O)O)[C@H](Cc1ccc(C2CCN(C(C)=N)C2)nc1)c1nn[nH]n1. The standard InChI is InChI=1S/C19H27N7O2/c1-3-4-15(19(27)28)16(18-22-24-25-23-18)9-13-5-6-17(21-10-13)14-7-8-26(11-14)12(2)20/h5-6,10,14-16,20H,3-4,7-9,11H2,1-2H3,(H,27,28)(H,22,23,24,25)/t14?,15-,16-/m0/s1. The van der Waals surface area contributed by atoms with Crippen LogP contribution in [0.25, 0.3) is 0 Å². The molecule has 1 fully saturated rings. The number of rotatable bonds is 8. The van der Waals surface area contributed by atoms with Crippen molar-refractivity contribution in [1.29, 1.82) is 5.41 Å². The predicted octanol–water partition coefficient (Wildman–Crippen LogP) is 2.21. The van der Waals surface area contributed by atoms with Crippen LogP contribution in [0.1, 0.15) is 62.0 Å². The lowest BCUT2D eigenvalue weighted by molar-refractivity contribution is -0.142. The second-order valence-corrected chi connectivity index (χ2v) is 7.42. The van der Waals surface area contributed by atoms with Gasteiger partial charge in [-0.3, -0.25) is 15.2 Å². The number of aromatic nitrogens is 5. The van der Waals surface area contributed by atoms with Crippen molar-refractivity contribution in [3.8, 4) is 0 Å². The molecule has 9 heteroatoms. The number of tetrazole rings is 1. The van der Waals surface area contributed by atoms with Crippen LogP contribution in [0.2, 0.25) is 0 Å². The molecule has 2 aromatic heterocycles. The third-order valence-electron chi connectivity index (χ3n) is 5.48. The number of aliphatic carboxylic acids is 1. The summed E-state index contributed by atoms with van der Waals surface area (Å²) < 4.78 is 0. The first-order valence-electron chi connectivity index (χ1n) is 9.70. The van der Waals surface area contributed by atoms with Crippen LogP contribution >= 0.6 is 0 Å². The zero-order valence-corrected chi connectivity index (χ0v) is 16.3. The lowest BCUT2D eigenvalue weighted by Gasteiger charge is -2.21. The molecule has 0 amide bonds. The molecule has 3 rings (SSSR count). The maximum atomic E-state index is 11.8. The third kappa shape index (κ3) is 4.52. The van der Waals surface area contributed by atoms with E-state index in [9.17, 15) is 9.90 Å². The van der Waals surface area contributed by atoms with E-state index in [0.29, 0.717) is 30.4 Å². The van der Waals surface area contributed by atoms with Gasteiger partial charge in [-0.05, 0) is 37.8 Å². The van der Waals surface area contributed by atoms with Crippen LogP contribution in [-0.4, -0.2) is 60.5 Å². The average Bonchev–Trinajstić information content (AvgIpc) is 3.36. The second-order valence-electron chi connectivity index (χ2n) is 7.42. The Morgan fingerprint density at radius 1 is 1.46 bits per heavy atom. The van der Waals surface area contributed by atoms with Gasteiger partial charge in [0.05, 0.1) is 11.8 Å². The summed E-state index contributed by atoms with van der Waals surface area (Å²) in [4.78, 5) is 18.5. The number of carbonyl (C=O) groups is 1. The number of amidine groups is 1. The lowest BCUT2D eigenvalue weighted by atomic mass is 9.83. The fourth-order valence-corrected chi connectivity index (χ4v) is 3.91. The molecule has 1 saturated heterocycles. The first kappa shape index (κ1) is 19.9. The fourth-order valence-electron chi connectivity index (χ4n) is 3.91. The molecule has 0 aliphatic carbocycles. The summed E-state index contributed by atoms with van der Waals surface area (Å²) in [5.41, 5.74) is 1.98. The van der Waals surface area contributed by atoms with E-state index in [-0.39, 0.29) is 5.92 Å². The molecule has 1 unspecified atom stereocenters. The number of likely N-dealkylation sites (tertiary alicyclic amines) is 1. The van der Waals surface area contributed by atoms with Crippen LogP contribution in [-0.2, 0) is 11.2 Å². The minimum Gasteiger partial charge on any atom is -0.481 e. The van der Waals surface area contributed by atoms with Gasteiger partial charge < -0.3 is 10.0 Å². The van der Waals surface area contributed by atoms with Crippen molar-refractivity contribution in [3.63, 3.8) is 0 Å². The molecule has 9 nitrogen and oxygen atoms in total. The molecule has 0 radical (unpaired) electrons. The molecule has 0 saturated carbocycles. The Balaban J connectivity index is 1.74. The Morgan fingerprint density at radius 3 is 2.82 bits per heavy atom. The topological polar surface area (TPSA) is 132 Å². The monoisotopic (exact) mass is 385 g/mol. The second kappa shape index (κ2) is 8.90. The largest absolute Gasteiger partial charge is 0.481 e. The van der Waals surface area contributed by atoms with Gasteiger partial charge in [-0.25, -0.2) is 0 Å². The summed E-state index contributed by atoms with van der Waals surface area (Å²) >= 11 is 0. The number of nitrogens with zero attached hydrogens (tertiary/aromatic N) is 5. The number of carboxylic acids is 1. The van der Waals surface area contributed by atoms with E-state index in [1.54, 1.807) is 0 Å². The summed E-state index contributed by atoms with van der Waals surface area (Å²) in [5.74, 6) is -0.411. The quantitative estimate of drug-likeness (QED) is 0.469. The molecule has 0 aromatic carbocycles. The summed E-state index contributed by atoms with van der Waals surface area (Å²) in [5, 5.41) is 31.6. The molecule has 0 bridgehead atoms. The summed E-state index contributed by atoms with van der Waals surface area (Å²) in [7, 11) is 0. The molecule has 3 N–H and O–H groups in total. The highest BCUT2D eigenvalue weighted by Crippen LogP contribution is 2.31. The van der Waals surface area contributed by atoms with Gasteiger partial charge in [0.1, 0.15) is 0 Å². The number of hydrogen-bond acceptors (Lipinski definition) is 6. The van der Waals surface area contributed by atoms with Crippen molar-refractivity contribution < 1.29 is 9.90 Å². The molecular weight excluding hydrogens is 358 g/mol. The number of nitrogens with one attached hydrogen (secondary N) is 2. The van der Waals surface area contributed by atoms with Crippen LogP contribution in [0.15, 0.2) is 18.3 Å². The highest BCUT2D eigenvalue weighted by atomic mass is 16.4. The van der Waals surface area contributed by atoms with Crippen molar-refractivity contribution in [2.24, 2.45) is 5.92 Å². The van der Waals surface area contributed by atoms with Gasteiger partial charge >= 0.3 is 5.97 Å². The number of pyridine rings is 1. The van der Waals surface area contributed by atoms with Gasteiger partial charge in [-0.2, -0.15) is 5.21 Å². The zero-order valence-electron chi connectivity index (χ0n) is 16.3. The van der Waals surface area contributed by atoms with E-state index < -0.39 is 11.9 Å². The third-order valence-corrected chi connectivity index (χ3v) is 5.48. The van der Waals surface area contributed by atoms with Crippen LogP contribution < -0.4 is 0 Å². The van der Waals surface area contributed by atoms with Crippen molar-refractivity contribution >= 4 is 11.8 Å². The van der Waals surface area contributed by atoms with Crippen LogP contribution in [0.5, 0.6) is 0 Å². The average molecular weight is 385 g/mol. The first-order valence-corrected chi connectivity index (χ1v) is 9.70. The van der Waals surface area contributed by atoms with Gasteiger partial charge in [-0.15, -0.1) is 10.2 Å². The molecular formula is C19H27N7O2. The van der Waals surface area contributed by atoms with Crippen molar-refractivity contribution in [1.82, 2.24) is 30.5 Å². The van der Waals surface area contributed by atoms with Crippen molar-refractivity contribution in [2.75, 3.05) is 13.1 Å². The molecule has 3 atom stereocenters. The maximum absolute atomic E-state index is 11.8. The van der Waals surface area contributed by atoms with E-state index >= 15 is 0 Å². The van der Waals surface area contributed by atoms with E-state index in [1.165, 1.54) is 0 Å². The lowest BCUT2D eigenvalue weighted by Crippen LogP contribution is -2.25. The molecule has 0 spiro atoms. The number of carboxylic acid groups (broad SMARTS) is 1. The molecule has 28 heavy (non-hydrogen) atoms. The van der Waals surface area contributed by atoms with Crippen LogP contribution in [0.3, 0.4) is 0 Å². The van der Waals surface area contributed by atoms with Crippen molar-refractivity contribution in [3.05, 3.63) is 35.4 Å². The summed E-state index contributed by atoms with van der Waals surface area (Å²) in [6.07, 6.45) is 4.65. The summed E-state index contributed by atoms with van der Waals surface area (Å²) in [6.45, 7) is 5.50. The Hall–Kier alpha value is -2.84. The van der Waals surface area contributed by atoms with E-state index in [0.717, 1.165) is 37.2 Å². The molecule has 1 aliphatic rings. The van der Waals surface area contributed by atoms with Gasteiger partial charge in [0.15, 0.2) is 5.82 Å². The van der Waals surface area contributed by atoms with Crippen molar-refractivity contribution in [2.45, 2.75) is 51.4 Å². The maximum Gasteiger partial charge on any atom is 0.307 e. The minimum atomic E-state index is -0.839. The predicted molar refractivity (Wildman–Crippen MR) is 103 cm³/mol. The highest BCUT2D eigenvalue weighted by Gasteiger charge is 2.32. The van der Waals surface area contributed by atoms with Crippen LogP contribution in [0, 0.1) is 11.3 Å². The van der Waals surface area contributed by atoms with E-state index in [1.807, 2.05) is 32.2 Å². The van der Waals surface area contributed by atoms with E-state index in [4.69, 9.17) is 5.41 Å². The number of hydrogen-bond donors (Lipinski definition) is 3. The van der Waals surface area contributed by atoms with Crippen LogP contribution in [0.4, 0.5) is 0 Å². The zero-order chi connectivity index (χ0) is 20.1. The number of aromatic amines is 1. The first-order chi connectivity index (χ1) is 13.5. The van der Waals surface area contributed by atoms with Gasteiger partial charge in [-0.1, -0.05) is 24.6 Å². The minimum absolute atomic E-state index is 0.328. The Bertz CT molecular complexity index is 791. The van der Waals surface area contributed by atoms with Gasteiger partial charge in [0, 0.05) is 36.8 Å². The van der Waals surface area contributed by atoms with E-state index in [2.05, 4.69) is 30.5 Å².